The zero-order valence-electron chi connectivity index (χ0n) is 10.7. The van der Waals surface area contributed by atoms with E-state index in [0.29, 0.717) is 6.54 Å². The maximum absolute atomic E-state index is 11.1. The quantitative estimate of drug-likeness (QED) is 0.757. The van der Waals surface area contributed by atoms with Crippen LogP contribution >= 0.6 is 15.9 Å². The van der Waals surface area contributed by atoms with E-state index in [0.717, 1.165) is 35.1 Å². The fourth-order valence-electron chi connectivity index (χ4n) is 1.78. The van der Waals surface area contributed by atoms with Crippen LogP contribution < -0.4 is 11.5 Å². The average molecular weight is 314 g/mol. The molecule has 1 amide bonds. The lowest BCUT2D eigenvalue weighted by Gasteiger charge is -2.22. The van der Waals surface area contributed by atoms with Crippen LogP contribution in [-0.2, 0) is 11.3 Å². The van der Waals surface area contributed by atoms with Crippen molar-refractivity contribution in [2.75, 3.05) is 18.8 Å². The second kappa shape index (κ2) is 7.38. The van der Waals surface area contributed by atoms with Gasteiger partial charge in [-0.15, -0.1) is 0 Å². The van der Waals surface area contributed by atoms with Crippen molar-refractivity contribution in [3.63, 3.8) is 0 Å². The van der Waals surface area contributed by atoms with Crippen molar-refractivity contribution in [3.8, 4) is 0 Å². The van der Waals surface area contributed by atoms with Gasteiger partial charge in [0.1, 0.15) is 0 Å². The minimum absolute atomic E-state index is 0.265. The first-order chi connectivity index (χ1) is 8.54. The van der Waals surface area contributed by atoms with Gasteiger partial charge in [0.05, 0.1) is 6.54 Å². The number of nitrogens with zero attached hydrogens (tertiary/aromatic N) is 1. The summed E-state index contributed by atoms with van der Waals surface area (Å²) in [5, 5.41) is 0. The highest BCUT2D eigenvalue weighted by Gasteiger charge is 2.12. The summed E-state index contributed by atoms with van der Waals surface area (Å²) in [6, 6.07) is 5.71. The Bertz CT molecular complexity index is 389. The van der Waals surface area contributed by atoms with E-state index in [-0.39, 0.29) is 12.5 Å². The SMILES string of the molecule is CCCCN(CC(N)=O)Cc1c(N)cccc1Br. The Hall–Kier alpha value is -1.07. The van der Waals surface area contributed by atoms with Gasteiger partial charge in [-0.1, -0.05) is 35.3 Å². The van der Waals surface area contributed by atoms with E-state index in [4.69, 9.17) is 11.5 Å². The molecule has 0 spiro atoms. The maximum Gasteiger partial charge on any atom is 0.231 e. The fraction of sp³-hybridized carbons (Fsp3) is 0.462. The molecule has 0 radical (unpaired) electrons. The number of amides is 1. The molecule has 0 bridgehead atoms. The summed E-state index contributed by atoms with van der Waals surface area (Å²) >= 11 is 3.49. The molecule has 0 saturated carbocycles. The van der Waals surface area contributed by atoms with Gasteiger partial charge in [0.15, 0.2) is 0 Å². The van der Waals surface area contributed by atoms with Gasteiger partial charge in [-0.3, -0.25) is 9.69 Å². The minimum atomic E-state index is -0.309. The van der Waals surface area contributed by atoms with Crippen molar-refractivity contribution >= 4 is 27.5 Å². The van der Waals surface area contributed by atoms with Gasteiger partial charge in [-0.2, -0.15) is 0 Å². The number of hydrogen-bond acceptors (Lipinski definition) is 3. The number of carbonyl (C=O) groups excluding carboxylic acids is 1. The van der Waals surface area contributed by atoms with E-state index in [1.807, 2.05) is 23.1 Å². The number of carbonyl (C=O) groups is 1. The largest absolute Gasteiger partial charge is 0.398 e. The van der Waals surface area contributed by atoms with Crippen LogP contribution in [0.2, 0.25) is 0 Å². The molecule has 1 aromatic carbocycles. The Morgan fingerprint density at radius 1 is 1.44 bits per heavy atom. The summed E-state index contributed by atoms with van der Waals surface area (Å²) in [6.07, 6.45) is 2.12. The second-order valence-electron chi connectivity index (χ2n) is 4.34. The highest BCUT2D eigenvalue weighted by Crippen LogP contribution is 2.24. The van der Waals surface area contributed by atoms with Crippen LogP contribution in [0, 0.1) is 0 Å². The highest BCUT2D eigenvalue weighted by atomic mass is 79.9. The number of unbranched alkanes of at least 4 members (excludes halogenated alkanes) is 1. The zero-order valence-corrected chi connectivity index (χ0v) is 12.2. The second-order valence-corrected chi connectivity index (χ2v) is 5.19. The Labute approximate surface area is 116 Å². The lowest BCUT2D eigenvalue weighted by molar-refractivity contribution is -0.119. The van der Waals surface area contributed by atoms with Gasteiger partial charge in [0, 0.05) is 22.3 Å². The number of hydrogen-bond donors (Lipinski definition) is 2. The molecule has 1 rings (SSSR count). The molecule has 100 valence electrons. The Kier molecular flexibility index (Phi) is 6.15. The van der Waals surface area contributed by atoms with Gasteiger partial charge >= 0.3 is 0 Å². The average Bonchev–Trinajstić information content (AvgIpc) is 2.30. The molecule has 0 aliphatic heterocycles. The molecule has 18 heavy (non-hydrogen) atoms. The molecule has 0 aliphatic carbocycles. The molecule has 0 saturated heterocycles. The van der Waals surface area contributed by atoms with Crippen LogP contribution in [0.25, 0.3) is 0 Å². The van der Waals surface area contributed by atoms with Crippen LogP contribution in [0.1, 0.15) is 25.3 Å². The van der Waals surface area contributed by atoms with Crippen molar-refractivity contribution in [1.29, 1.82) is 0 Å². The Morgan fingerprint density at radius 2 is 2.17 bits per heavy atom. The van der Waals surface area contributed by atoms with Gasteiger partial charge in [-0.25, -0.2) is 0 Å². The Balaban J connectivity index is 2.78. The van der Waals surface area contributed by atoms with E-state index in [1.54, 1.807) is 0 Å². The van der Waals surface area contributed by atoms with E-state index >= 15 is 0 Å². The number of nitrogen functional groups attached to an aromatic ring is 1. The van der Waals surface area contributed by atoms with Gasteiger partial charge in [0.2, 0.25) is 5.91 Å². The topological polar surface area (TPSA) is 72.3 Å². The lowest BCUT2D eigenvalue weighted by atomic mass is 10.1. The van der Waals surface area contributed by atoms with Crippen molar-refractivity contribution in [2.45, 2.75) is 26.3 Å². The highest BCUT2D eigenvalue weighted by molar-refractivity contribution is 9.10. The van der Waals surface area contributed by atoms with E-state index < -0.39 is 0 Å². The predicted octanol–water partition coefficient (Wildman–Crippen LogP) is 2.12. The third-order valence-electron chi connectivity index (χ3n) is 2.74. The van der Waals surface area contributed by atoms with Crippen molar-refractivity contribution < 1.29 is 4.79 Å². The predicted molar refractivity (Wildman–Crippen MR) is 77.9 cm³/mol. The number of benzene rings is 1. The molecule has 0 aliphatic rings. The molecule has 0 heterocycles. The molecule has 0 unspecified atom stereocenters. The first-order valence-corrected chi connectivity index (χ1v) is 6.87. The van der Waals surface area contributed by atoms with Crippen LogP contribution in [0.15, 0.2) is 22.7 Å². The molecule has 0 aromatic heterocycles. The maximum atomic E-state index is 11.1. The smallest absolute Gasteiger partial charge is 0.231 e. The molecule has 5 heteroatoms. The standard InChI is InChI=1S/C13H20BrN3O/c1-2-3-7-17(9-13(16)18)8-10-11(14)5-4-6-12(10)15/h4-6H,2-3,7-9,15H2,1H3,(H2,16,18). The van der Waals surface area contributed by atoms with E-state index in [1.165, 1.54) is 0 Å². The number of nitrogens with two attached hydrogens (primary N) is 2. The summed E-state index contributed by atoms with van der Waals surface area (Å²) in [4.78, 5) is 13.1. The van der Waals surface area contributed by atoms with Crippen LogP contribution in [0.5, 0.6) is 0 Å². The zero-order chi connectivity index (χ0) is 13.5. The fourth-order valence-corrected chi connectivity index (χ4v) is 2.29. The van der Waals surface area contributed by atoms with E-state index in [2.05, 4.69) is 22.9 Å². The first-order valence-electron chi connectivity index (χ1n) is 6.08. The molecule has 0 atom stereocenters. The summed E-state index contributed by atoms with van der Waals surface area (Å²) in [5.41, 5.74) is 13.0. The summed E-state index contributed by atoms with van der Waals surface area (Å²) in [7, 11) is 0. The number of rotatable bonds is 7. The van der Waals surface area contributed by atoms with Crippen LogP contribution in [0.4, 0.5) is 5.69 Å². The molecular formula is C13H20BrN3O. The van der Waals surface area contributed by atoms with Crippen LogP contribution in [-0.4, -0.2) is 23.9 Å². The molecular weight excluding hydrogens is 294 g/mol. The first kappa shape index (κ1) is 15.0. The third kappa shape index (κ3) is 4.66. The Morgan fingerprint density at radius 3 is 2.72 bits per heavy atom. The monoisotopic (exact) mass is 313 g/mol. The third-order valence-corrected chi connectivity index (χ3v) is 3.49. The molecule has 1 aromatic rings. The minimum Gasteiger partial charge on any atom is -0.398 e. The summed E-state index contributed by atoms with van der Waals surface area (Å²) in [5.74, 6) is -0.309. The van der Waals surface area contributed by atoms with Gasteiger partial charge in [-0.05, 0) is 25.1 Å². The molecule has 0 fully saturated rings. The van der Waals surface area contributed by atoms with E-state index in [9.17, 15) is 4.79 Å². The van der Waals surface area contributed by atoms with Gasteiger partial charge in [0.25, 0.3) is 0 Å². The molecule has 4 N–H and O–H groups in total. The summed E-state index contributed by atoms with van der Waals surface area (Å²) in [6.45, 7) is 3.87. The van der Waals surface area contributed by atoms with Crippen molar-refractivity contribution in [1.82, 2.24) is 4.90 Å². The van der Waals surface area contributed by atoms with Crippen molar-refractivity contribution in [3.05, 3.63) is 28.2 Å². The number of anilines is 1. The van der Waals surface area contributed by atoms with Crippen molar-refractivity contribution in [2.24, 2.45) is 5.73 Å². The normalized spacial score (nSPS) is 10.8. The molecule has 4 nitrogen and oxygen atoms in total. The van der Waals surface area contributed by atoms with Crippen LogP contribution in [0.3, 0.4) is 0 Å². The summed E-state index contributed by atoms with van der Waals surface area (Å²) < 4.78 is 0.966. The number of halogens is 1. The number of primary amides is 1. The lowest BCUT2D eigenvalue weighted by Crippen LogP contribution is -2.34. The van der Waals surface area contributed by atoms with Gasteiger partial charge < -0.3 is 11.5 Å².